The fourth-order valence-corrected chi connectivity index (χ4v) is 8.34. The highest BCUT2D eigenvalue weighted by molar-refractivity contribution is 6.30. The van der Waals surface area contributed by atoms with Gasteiger partial charge in [-0.2, -0.15) is 0 Å². The van der Waals surface area contributed by atoms with Crippen molar-refractivity contribution < 1.29 is 8.83 Å². The lowest BCUT2D eigenvalue weighted by molar-refractivity contribution is 0.658. The zero-order valence-corrected chi connectivity index (χ0v) is 27.0. The van der Waals surface area contributed by atoms with E-state index in [2.05, 4.69) is 158 Å². The molecular formula is C48H28O2. The highest BCUT2D eigenvalue weighted by Crippen LogP contribution is 2.51. The maximum atomic E-state index is 6.81. The molecule has 0 radical (unpaired) electrons. The van der Waals surface area contributed by atoms with Gasteiger partial charge in [-0.25, -0.2) is 0 Å². The molecule has 0 saturated heterocycles. The fraction of sp³-hybridized carbons (Fsp3) is 0. The number of hydrogen-bond acceptors (Lipinski definition) is 2. The Kier molecular flexibility index (Phi) is 5.70. The van der Waals surface area contributed by atoms with Gasteiger partial charge in [-0.1, -0.05) is 152 Å². The topological polar surface area (TPSA) is 26.3 Å². The lowest BCUT2D eigenvalue weighted by Gasteiger charge is -2.20. The highest BCUT2D eigenvalue weighted by Gasteiger charge is 2.26. The number of rotatable bonds is 3. The second-order valence-corrected chi connectivity index (χ2v) is 13.1. The number of para-hydroxylation sites is 2. The van der Waals surface area contributed by atoms with Gasteiger partial charge < -0.3 is 8.83 Å². The first-order valence-corrected chi connectivity index (χ1v) is 17.1. The van der Waals surface area contributed by atoms with Crippen LogP contribution < -0.4 is 0 Å². The van der Waals surface area contributed by atoms with E-state index in [1.165, 1.54) is 43.8 Å². The molecule has 232 valence electrons. The van der Waals surface area contributed by atoms with E-state index < -0.39 is 0 Å². The van der Waals surface area contributed by atoms with E-state index in [9.17, 15) is 0 Å². The summed E-state index contributed by atoms with van der Waals surface area (Å²) in [6.07, 6.45) is 0. The smallest absolute Gasteiger partial charge is 0.147 e. The first-order valence-electron chi connectivity index (χ1n) is 17.1. The molecule has 2 heteroatoms. The van der Waals surface area contributed by atoms with Crippen LogP contribution in [-0.4, -0.2) is 0 Å². The van der Waals surface area contributed by atoms with E-state index in [1.54, 1.807) is 0 Å². The monoisotopic (exact) mass is 636 g/mol. The summed E-state index contributed by atoms with van der Waals surface area (Å²) in [5.41, 5.74) is 10.5. The molecule has 0 aliphatic carbocycles. The zero-order chi connectivity index (χ0) is 32.8. The molecule has 0 saturated carbocycles. The molecule has 0 N–H and O–H groups in total. The van der Waals surface area contributed by atoms with Gasteiger partial charge in [0.2, 0.25) is 0 Å². The third kappa shape index (κ3) is 3.79. The van der Waals surface area contributed by atoms with Gasteiger partial charge in [0.1, 0.15) is 22.3 Å². The number of hydrogen-bond donors (Lipinski definition) is 0. The summed E-state index contributed by atoms with van der Waals surface area (Å²) in [4.78, 5) is 0. The molecule has 2 heterocycles. The Labute approximate surface area is 287 Å². The van der Waals surface area contributed by atoms with Gasteiger partial charge in [0.05, 0.1) is 5.56 Å². The molecular weight excluding hydrogens is 609 g/mol. The molecule has 0 amide bonds. The molecule has 11 aromatic rings. The quantitative estimate of drug-likeness (QED) is 0.180. The van der Waals surface area contributed by atoms with Crippen LogP contribution in [0.3, 0.4) is 0 Å². The molecule has 11 rings (SSSR count). The molecule has 0 fully saturated rings. The van der Waals surface area contributed by atoms with Crippen molar-refractivity contribution in [3.63, 3.8) is 0 Å². The third-order valence-corrected chi connectivity index (χ3v) is 10.5. The van der Waals surface area contributed by atoms with Crippen LogP contribution in [0.4, 0.5) is 0 Å². The lowest BCUT2D eigenvalue weighted by atomic mass is 9.83. The summed E-state index contributed by atoms with van der Waals surface area (Å²) in [5, 5.41) is 11.6. The van der Waals surface area contributed by atoms with E-state index >= 15 is 0 Å². The van der Waals surface area contributed by atoms with Crippen LogP contribution in [0.1, 0.15) is 0 Å². The second kappa shape index (κ2) is 10.4. The zero-order valence-electron chi connectivity index (χ0n) is 27.0. The molecule has 9 aromatic carbocycles. The summed E-state index contributed by atoms with van der Waals surface area (Å²) >= 11 is 0. The Morgan fingerprint density at radius 2 is 0.660 bits per heavy atom. The molecule has 2 nitrogen and oxygen atoms in total. The van der Waals surface area contributed by atoms with Crippen molar-refractivity contribution >= 4 is 76.2 Å². The minimum absolute atomic E-state index is 0.846. The average molecular weight is 637 g/mol. The minimum Gasteiger partial charge on any atom is -0.455 e. The molecule has 0 spiro atoms. The molecule has 2 aromatic heterocycles. The second-order valence-electron chi connectivity index (χ2n) is 13.1. The highest BCUT2D eigenvalue weighted by atomic mass is 16.3. The van der Waals surface area contributed by atoms with Crippen molar-refractivity contribution in [1.82, 2.24) is 0 Å². The van der Waals surface area contributed by atoms with Crippen molar-refractivity contribution in [1.29, 1.82) is 0 Å². The van der Waals surface area contributed by atoms with Crippen LogP contribution in [0.5, 0.6) is 0 Å². The summed E-state index contributed by atoms with van der Waals surface area (Å²) in [6, 6.07) is 60.7. The van der Waals surface area contributed by atoms with Gasteiger partial charge >= 0.3 is 0 Å². The normalized spacial score (nSPS) is 12.0. The van der Waals surface area contributed by atoms with E-state index in [0.29, 0.717) is 0 Å². The van der Waals surface area contributed by atoms with Crippen molar-refractivity contribution in [2.24, 2.45) is 0 Å². The Balaban J connectivity index is 1.32. The van der Waals surface area contributed by atoms with Gasteiger partial charge in [0.15, 0.2) is 0 Å². The minimum atomic E-state index is 0.846. The molecule has 0 unspecified atom stereocenters. The Morgan fingerprint density at radius 1 is 0.260 bits per heavy atom. The van der Waals surface area contributed by atoms with E-state index in [1.807, 2.05) is 12.1 Å². The van der Waals surface area contributed by atoms with E-state index in [-0.39, 0.29) is 0 Å². The lowest BCUT2D eigenvalue weighted by Crippen LogP contribution is -1.93. The van der Waals surface area contributed by atoms with Crippen molar-refractivity contribution in [3.05, 3.63) is 170 Å². The largest absolute Gasteiger partial charge is 0.455 e. The number of furan rings is 2. The van der Waals surface area contributed by atoms with Crippen LogP contribution in [0, 0.1) is 0 Å². The first-order chi connectivity index (χ1) is 24.8. The molecule has 0 aliphatic heterocycles. The molecule has 50 heavy (non-hydrogen) atoms. The first kappa shape index (κ1) is 27.3. The van der Waals surface area contributed by atoms with Crippen LogP contribution in [-0.2, 0) is 0 Å². The summed E-state index contributed by atoms with van der Waals surface area (Å²) in [7, 11) is 0. The Morgan fingerprint density at radius 3 is 1.20 bits per heavy atom. The number of fused-ring (bicyclic) bond motifs is 9. The predicted molar refractivity (Wildman–Crippen MR) is 210 cm³/mol. The van der Waals surface area contributed by atoms with Crippen LogP contribution in [0.2, 0.25) is 0 Å². The van der Waals surface area contributed by atoms with Gasteiger partial charge in [-0.05, 0) is 72.8 Å². The predicted octanol–water partition coefficient (Wildman–Crippen LogP) is 13.9. The van der Waals surface area contributed by atoms with Crippen LogP contribution in [0.25, 0.3) is 110 Å². The van der Waals surface area contributed by atoms with E-state index in [4.69, 9.17) is 8.83 Å². The van der Waals surface area contributed by atoms with Crippen molar-refractivity contribution in [3.8, 4) is 33.4 Å². The van der Waals surface area contributed by atoms with Gasteiger partial charge in [0.25, 0.3) is 0 Å². The van der Waals surface area contributed by atoms with Gasteiger partial charge in [0, 0.05) is 27.1 Å². The van der Waals surface area contributed by atoms with Gasteiger partial charge in [-0.15, -0.1) is 0 Å². The summed E-state index contributed by atoms with van der Waals surface area (Å²) in [5.74, 6) is 0. The average Bonchev–Trinajstić information content (AvgIpc) is 3.75. The summed E-state index contributed by atoms with van der Waals surface area (Å²) in [6.45, 7) is 0. The van der Waals surface area contributed by atoms with Crippen molar-refractivity contribution in [2.45, 2.75) is 0 Å². The van der Waals surface area contributed by atoms with Crippen LogP contribution in [0.15, 0.2) is 179 Å². The molecule has 0 atom stereocenters. The third-order valence-electron chi connectivity index (χ3n) is 10.5. The number of benzene rings is 9. The standard InChI is InChI=1S/C48H28O2/c1-2-14-29(15-3-1)30-26-27-39(32-17-5-4-16-31(30)32)44-35-20-6-8-22-37(35)45(38-23-9-7-21-36(38)44)46-47-40(33-18-10-12-24-42(33)49-47)28-41-34-19-11-13-25-43(34)50-48(41)46/h1-28H. The van der Waals surface area contributed by atoms with Crippen molar-refractivity contribution in [2.75, 3.05) is 0 Å². The van der Waals surface area contributed by atoms with Gasteiger partial charge in [-0.3, -0.25) is 0 Å². The van der Waals surface area contributed by atoms with E-state index in [0.717, 1.165) is 65.8 Å². The maximum Gasteiger partial charge on any atom is 0.147 e. The Bertz CT molecular complexity index is 3000. The maximum absolute atomic E-state index is 6.81. The van der Waals surface area contributed by atoms with Crippen LogP contribution >= 0.6 is 0 Å². The fourth-order valence-electron chi connectivity index (χ4n) is 8.34. The molecule has 0 aliphatic rings. The molecule has 0 bridgehead atoms. The Hall–Kier alpha value is -6.64. The summed E-state index contributed by atoms with van der Waals surface area (Å²) < 4.78 is 13.6. The SMILES string of the molecule is c1ccc(-c2ccc(-c3c4ccccc4c(-c4c5oc6ccccc6c5cc5c4oc4ccccc45)c4ccccc34)c3ccccc23)cc1.